The molecule has 2 N–H and O–H groups in total. The zero-order valence-electron chi connectivity index (χ0n) is 25.6. The second-order valence-corrected chi connectivity index (χ2v) is 11.8. The van der Waals surface area contributed by atoms with Gasteiger partial charge in [0.25, 0.3) is 0 Å². The van der Waals surface area contributed by atoms with E-state index < -0.39 is 0 Å². The molecule has 228 valence electrons. The van der Waals surface area contributed by atoms with E-state index in [2.05, 4.69) is 53.7 Å². The van der Waals surface area contributed by atoms with E-state index in [1.54, 1.807) is 21.3 Å². The molecule has 8 nitrogen and oxygen atoms in total. The molecule has 8 heteroatoms. The number of aromatic hydroxyl groups is 1. The van der Waals surface area contributed by atoms with Crippen LogP contribution in [-0.2, 0) is 25.7 Å². The monoisotopic (exact) mass is 594 g/mol. The Labute approximate surface area is 258 Å². The summed E-state index contributed by atoms with van der Waals surface area (Å²) in [5.41, 5.74) is 6.72. The van der Waals surface area contributed by atoms with Crippen LogP contribution in [0.2, 0.25) is 0 Å². The van der Waals surface area contributed by atoms with Crippen molar-refractivity contribution in [2.75, 3.05) is 41.5 Å². The zero-order valence-corrected chi connectivity index (χ0v) is 25.6. The number of benzene rings is 4. The average Bonchev–Trinajstić information content (AvgIpc) is 3.04. The van der Waals surface area contributed by atoms with E-state index in [1.165, 1.54) is 16.7 Å². The number of phenolic OH excluding ortho intramolecular Hbond substituents is 1. The Bertz CT molecular complexity index is 1700. The zero-order chi connectivity index (χ0) is 30.4. The molecule has 1 unspecified atom stereocenters. The van der Waals surface area contributed by atoms with Crippen molar-refractivity contribution in [3.8, 4) is 46.0 Å². The van der Waals surface area contributed by atoms with E-state index in [4.69, 9.17) is 23.7 Å². The number of nitrogens with zero attached hydrogens (tertiary/aromatic N) is 1. The second kappa shape index (κ2) is 11.6. The lowest BCUT2D eigenvalue weighted by atomic mass is 9.87. The van der Waals surface area contributed by atoms with Gasteiger partial charge in [0, 0.05) is 24.2 Å². The van der Waals surface area contributed by atoms with Crippen LogP contribution in [0.1, 0.15) is 45.5 Å². The van der Waals surface area contributed by atoms with Crippen molar-refractivity contribution in [1.82, 2.24) is 10.2 Å². The van der Waals surface area contributed by atoms with E-state index in [-0.39, 0.29) is 17.8 Å². The van der Waals surface area contributed by atoms with E-state index >= 15 is 0 Å². The number of phenols is 1. The van der Waals surface area contributed by atoms with Crippen molar-refractivity contribution in [1.29, 1.82) is 0 Å². The smallest absolute Gasteiger partial charge is 0.201 e. The Kier molecular flexibility index (Phi) is 7.48. The number of fused-ring (bicyclic) bond motifs is 2. The van der Waals surface area contributed by atoms with Gasteiger partial charge < -0.3 is 34.1 Å². The van der Waals surface area contributed by atoms with Gasteiger partial charge in [-0.3, -0.25) is 4.90 Å². The Hall–Kier alpha value is -4.40. The number of rotatable bonds is 3. The van der Waals surface area contributed by atoms with Crippen LogP contribution >= 0.6 is 0 Å². The molecule has 4 aromatic rings. The van der Waals surface area contributed by atoms with Crippen molar-refractivity contribution in [2.24, 2.45) is 0 Å². The Morgan fingerprint density at radius 3 is 2.30 bits per heavy atom. The fraction of sp³-hybridized carbons (Fsp3) is 0.333. The molecule has 0 radical (unpaired) electrons. The quantitative estimate of drug-likeness (QED) is 0.278. The normalized spacial score (nSPS) is 19.1. The SMILES string of the molecule is COc1ccc2cc1Oc1ccc(cc1)C[C@H]1NCCc3cc(OC)c(cc31)Oc1c(O)c(OC)cc3c1CCN(C)C3C2. The molecule has 4 heterocycles. The highest BCUT2D eigenvalue weighted by Crippen LogP contribution is 2.50. The van der Waals surface area contributed by atoms with E-state index in [1.807, 2.05) is 24.3 Å². The van der Waals surface area contributed by atoms with Crippen LogP contribution in [0.4, 0.5) is 0 Å². The molecule has 10 bridgehead atoms. The summed E-state index contributed by atoms with van der Waals surface area (Å²) >= 11 is 0. The molecular formula is C36H38N2O6. The van der Waals surface area contributed by atoms with Crippen LogP contribution in [0.5, 0.6) is 46.0 Å². The first-order valence-corrected chi connectivity index (χ1v) is 15.1. The van der Waals surface area contributed by atoms with Crippen LogP contribution in [0.25, 0.3) is 0 Å². The molecule has 0 aromatic heterocycles. The summed E-state index contributed by atoms with van der Waals surface area (Å²) in [6, 6.07) is 20.6. The molecule has 8 rings (SSSR count). The highest BCUT2D eigenvalue weighted by atomic mass is 16.5. The van der Waals surface area contributed by atoms with Gasteiger partial charge in [-0.1, -0.05) is 18.2 Å². The largest absolute Gasteiger partial charge is 0.502 e. The van der Waals surface area contributed by atoms with Crippen molar-refractivity contribution in [2.45, 2.75) is 37.8 Å². The summed E-state index contributed by atoms with van der Waals surface area (Å²) in [6.45, 7) is 1.68. The van der Waals surface area contributed by atoms with Crippen molar-refractivity contribution in [3.05, 3.63) is 94.0 Å². The van der Waals surface area contributed by atoms with Gasteiger partial charge in [-0.2, -0.15) is 0 Å². The van der Waals surface area contributed by atoms with Gasteiger partial charge in [-0.25, -0.2) is 0 Å². The Morgan fingerprint density at radius 1 is 0.773 bits per heavy atom. The second-order valence-electron chi connectivity index (χ2n) is 11.8. The van der Waals surface area contributed by atoms with Crippen LogP contribution in [0.3, 0.4) is 0 Å². The van der Waals surface area contributed by atoms with Gasteiger partial charge in [0.05, 0.1) is 21.3 Å². The topological polar surface area (TPSA) is 81.7 Å². The van der Waals surface area contributed by atoms with Gasteiger partial charge in [0.2, 0.25) is 5.75 Å². The average molecular weight is 595 g/mol. The molecule has 0 saturated carbocycles. The number of methoxy groups -OCH3 is 3. The van der Waals surface area contributed by atoms with Gasteiger partial charge in [-0.15, -0.1) is 0 Å². The molecule has 44 heavy (non-hydrogen) atoms. The van der Waals surface area contributed by atoms with Crippen LogP contribution in [0.15, 0.2) is 60.7 Å². The summed E-state index contributed by atoms with van der Waals surface area (Å²) in [7, 11) is 7.02. The maximum Gasteiger partial charge on any atom is 0.201 e. The van der Waals surface area contributed by atoms with E-state index in [9.17, 15) is 5.11 Å². The molecule has 0 spiro atoms. The molecule has 4 aliphatic heterocycles. The van der Waals surface area contributed by atoms with Crippen molar-refractivity contribution in [3.63, 3.8) is 0 Å². The molecule has 0 aliphatic carbocycles. The first-order chi connectivity index (χ1) is 21.4. The minimum Gasteiger partial charge on any atom is -0.502 e. The Morgan fingerprint density at radius 2 is 1.52 bits per heavy atom. The summed E-state index contributed by atoms with van der Waals surface area (Å²) < 4.78 is 30.3. The molecule has 2 atom stereocenters. The van der Waals surface area contributed by atoms with Crippen LogP contribution in [-0.4, -0.2) is 51.5 Å². The fourth-order valence-electron chi connectivity index (χ4n) is 6.84. The van der Waals surface area contributed by atoms with Crippen molar-refractivity contribution < 1.29 is 28.8 Å². The summed E-state index contributed by atoms with van der Waals surface area (Å²) in [4.78, 5) is 2.34. The lowest BCUT2D eigenvalue weighted by molar-refractivity contribution is 0.225. The molecular weight excluding hydrogens is 556 g/mol. The first kappa shape index (κ1) is 28.4. The van der Waals surface area contributed by atoms with E-state index in [0.717, 1.165) is 54.8 Å². The highest BCUT2D eigenvalue weighted by molar-refractivity contribution is 5.62. The predicted octanol–water partition coefficient (Wildman–Crippen LogP) is 6.52. The minimum atomic E-state index is -0.00474. The number of hydrogen-bond donors (Lipinski definition) is 2. The van der Waals surface area contributed by atoms with Gasteiger partial charge >= 0.3 is 0 Å². The van der Waals surface area contributed by atoms with Crippen LogP contribution in [0, 0.1) is 0 Å². The molecule has 0 fully saturated rings. The van der Waals surface area contributed by atoms with Crippen molar-refractivity contribution >= 4 is 0 Å². The third-order valence-corrected chi connectivity index (χ3v) is 9.23. The molecule has 0 saturated heterocycles. The summed E-state index contributed by atoms with van der Waals surface area (Å²) in [6.07, 6.45) is 3.12. The molecule has 0 amide bonds. The Balaban J connectivity index is 1.43. The third kappa shape index (κ3) is 5.08. The maximum absolute atomic E-state index is 11.5. The highest BCUT2D eigenvalue weighted by Gasteiger charge is 2.32. The first-order valence-electron chi connectivity index (χ1n) is 15.1. The maximum atomic E-state index is 11.5. The summed E-state index contributed by atoms with van der Waals surface area (Å²) in [5, 5.41) is 15.2. The van der Waals surface area contributed by atoms with Gasteiger partial charge in [0.1, 0.15) is 5.75 Å². The van der Waals surface area contributed by atoms with Gasteiger partial charge in [0.15, 0.2) is 34.5 Å². The number of ether oxygens (including phenoxy) is 5. The third-order valence-electron chi connectivity index (χ3n) is 9.23. The predicted molar refractivity (Wildman–Crippen MR) is 168 cm³/mol. The molecule has 4 aromatic carbocycles. The lowest BCUT2D eigenvalue weighted by Gasteiger charge is -2.36. The van der Waals surface area contributed by atoms with E-state index in [0.29, 0.717) is 40.9 Å². The fourth-order valence-corrected chi connectivity index (χ4v) is 6.84. The number of likely N-dealkylation sites (N-methyl/N-ethyl adjacent to an activating group) is 1. The minimum absolute atomic E-state index is 0.00474. The van der Waals surface area contributed by atoms with Crippen LogP contribution < -0.4 is 29.0 Å². The number of hydrogen-bond acceptors (Lipinski definition) is 8. The number of nitrogens with one attached hydrogen (secondary N) is 1. The lowest BCUT2D eigenvalue weighted by Crippen LogP contribution is -2.33. The summed E-state index contributed by atoms with van der Waals surface area (Å²) in [5.74, 6) is 4.11. The van der Waals surface area contributed by atoms with Gasteiger partial charge in [-0.05, 0) is 110 Å². The molecule has 4 aliphatic rings. The standard InChI is InChI=1S/C36H38N2O6/c1-38-14-12-25-27-20-34(42-4)35(39)36(25)44-33-19-26-23(18-31(33)41-3)11-13-37-28(26)15-21-5-8-24(9-6-21)43-32-17-22(16-29(27)38)7-10-30(32)40-2/h5-10,17-20,28-29,37,39H,11-16H2,1-4H3/t28-,29?/m1/s1.